The van der Waals surface area contributed by atoms with Gasteiger partial charge in [0.1, 0.15) is 5.75 Å². The molecule has 0 heterocycles. The summed E-state index contributed by atoms with van der Waals surface area (Å²) in [7, 11) is 3.67. The molecule has 94 valence electrons. The third-order valence-corrected chi connectivity index (χ3v) is 3.11. The van der Waals surface area contributed by atoms with E-state index in [0.29, 0.717) is 0 Å². The highest BCUT2D eigenvalue weighted by molar-refractivity contribution is 5.71. The predicted octanol–water partition coefficient (Wildman–Crippen LogP) is 3.39. The standard InChI is InChI=1S/C16H19NO/c1-12-10-14(18-3)8-9-15(12)16-7-5-4-6-13(16)11-17-2/h4-10,17H,11H2,1-3H3. The Kier molecular flexibility index (Phi) is 4.00. The van der Waals surface area contributed by atoms with Crippen LogP contribution in [0.1, 0.15) is 11.1 Å². The Morgan fingerprint density at radius 1 is 1.06 bits per heavy atom. The lowest BCUT2D eigenvalue weighted by Crippen LogP contribution is -2.06. The summed E-state index contributed by atoms with van der Waals surface area (Å²) in [5.41, 5.74) is 5.10. The number of aryl methyl sites for hydroxylation is 1. The predicted molar refractivity (Wildman–Crippen MR) is 75.9 cm³/mol. The maximum atomic E-state index is 5.25. The summed E-state index contributed by atoms with van der Waals surface area (Å²) in [5, 5.41) is 3.21. The smallest absolute Gasteiger partial charge is 0.119 e. The second-order valence-electron chi connectivity index (χ2n) is 4.37. The van der Waals surface area contributed by atoms with Crippen molar-refractivity contribution < 1.29 is 4.74 Å². The molecule has 0 aromatic heterocycles. The maximum Gasteiger partial charge on any atom is 0.119 e. The molecule has 0 radical (unpaired) electrons. The van der Waals surface area contributed by atoms with E-state index in [0.717, 1.165) is 12.3 Å². The minimum absolute atomic E-state index is 0.877. The lowest BCUT2D eigenvalue weighted by atomic mass is 9.96. The van der Waals surface area contributed by atoms with Gasteiger partial charge in [-0.3, -0.25) is 0 Å². The van der Waals surface area contributed by atoms with Crippen molar-refractivity contribution in [2.75, 3.05) is 14.2 Å². The lowest BCUT2D eigenvalue weighted by Gasteiger charge is -2.12. The molecule has 2 nitrogen and oxygen atoms in total. The SMILES string of the molecule is CNCc1ccccc1-c1ccc(OC)cc1C. The van der Waals surface area contributed by atoms with E-state index < -0.39 is 0 Å². The Labute approximate surface area is 109 Å². The van der Waals surface area contributed by atoms with Crippen LogP contribution in [0.3, 0.4) is 0 Å². The van der Waals surface area contributed by atoms with Crippen LogP contribution in [-0.2, 0) is 6.54 Å². The Morgan fingerprint density at radius 2 is 1.83 bits per heavy atom. The Morgan fingerprint density at radius 3 is 2.50 bits per heavy atom. The zero-order valence-electron chi connectivity index (χ0n) is 11.2. The monoisotopic (exact) mass is 241 g/mol. The topological polar surface area (TPSA) is 21.3 Å². The van der Waals surface area contributed by atoms with Crippen molar-refractivity contribution in [1.82, 2.24) is 5.32 Å². The fourth-order valence-corrected chi connectivity index (χ4v) is 2.19. The van der Waals surface area contributed by atoms with Crippen molar-refractivity contribution >= 4 is 0 Å². The van der Waals surface area contributed by atoms with Gasteiger partial charge >= 0.3 is 0 Å². The van der Waals surface area contributed by atoms with Gasteiger partial charge in [-0.05, 0) is 48.4 Å². The summed E-state index contributed by atoms with van der Waals surface area (Å²) in [6, 6.07) is 14.7. The Balaban J connectivity index is 2.48. The van der Waals surface area contributed by atoms with Crippen molar-refractivity contribution in [3.63, 3.8) is 0 Å². The molecule has 0 unspecified atom stereocenters. The number of hydrogen-bond donors (Lipinski definition) is 1. The van der Waals surface area contributed by atoms with Gasteiger partial charge < -0.3 is 10.1 Å². The van der Waals surface area contributed by atoms with E-state index in [2.05, 4.69) is 48.6 Å². The molecule has 0 atom stereocenters. The van der Waals surface area contributed by atoms with Gasteiger partial charge in [0, 0.05) is 6.54 Å². The fourth-order valence-electron chi connectivity index (χ4n) is 2.19. The van der Waals surface area contributed by atoms with Gasteiger partial charge in [0.15, 0.2) is 0 Å². The first kappa shape index (κ1) is 12.7. The minimum atomic E-state index is 0.877. The van der Waals surface area contributed by atoms with Gasteiger partial charge in [0.2, 0.25) is 0 Å². The normalized spacial score (nSPS) is 10.4. The average molecular weight is 241 g/mol. The zero-order chi connectivity index (χ0) is 13.0. The molecule has 1 N–H and O–H groups in total. The quantitative estimate of drug-likeness (QED) is 0.886. The minimum Gasteiger partial charge on any atom is -0.497 e. The number of hydrogen-bond acceptors (Lipinski definition) is 2. The molecule has 0 aliphatic heterocycles. The van der Waals surface area contributed by atoms with E-state index in [-0.39, 0.29) is 0 Å². The first-order valence-electron chi connectivity index (χ1n) is 6.13. The summed E-state index contributed by atoms with van der Waals surface area (Å²) < 4.78 is 5.25. The van der Waals surface area contributed by atoms with Crippen LogP contribution in [0.5, 0.6) is 5.75 Å². The molecule has 0 aliphatic rings. The zero-order valence-corrected chi connectivity index (χ0v) is 11.2. The van der Waals surface area contributed by atoms with Crippen LogP contribution in [0.4, 0.5) is 0 Å². The second-order valence-corrected chi connectivity index (χ2v) is 4.37. The average Bonchev–Trinajstić information content (AvgIpc) is 2.40. The van der Waals surface area contributed by atoms with Crippen molar-refractivity contribution in [2.45, 2.75) is 13.5 Å². The van der Waals surface area contributed by atoms with E-state index >= 15 is 0 Å². The van der Waals surface area contributed by atoms with E-state index in [1.54, 1.807) is 7.11 Å². The molecule has 0 saturated heterocycles. The van der Waals surface area contributed by atoms with Crippen molar-refractivity contribution in [1.29, 1.82) is 0 Å². The third-order valence-electron chi connectivity index (χ3n) is 3.11. The molecule has 0 spiro atoms. The summed E-state index contributed by atoms with van der Waals surface area (Å²) >= 11 is 0. The van der Waals surface area contributed by atoms with Gasteiger partial charge in [0.25, 0.3) is 0 Å². The van der Waals surface area contributed by atoms with Crippen LogP contribution in [-0.4, -0.2) is 14.2 Å². The van der Waals surface area contributed by atoms with Crippen molar-refractivity contribution in [3.8, 4) is 16.9 Å². The number of benzene rings is 2. The van der Waals surface area contributed by atoms with Gasteiger partial charge in [-0.2, -0.15) is 0 Å². The fraction of sp³-hybridized carbons (Fsp3) is 0.250. The summed E-state index contributed by atoms with van der Waals surface area (Å²) in [6.45, 7) is 3.00. The molecule has 2 rings (SSSR count). The van der Waals surface area contributed by atoms with E-state index in [1.807, 2.05) is 13.1 Å². The van der Waals surface area contributed by atoms with Crippen LogP contribution in [0.2, 0.25) is 0 Å². The lowest BCUT2D eigenvalue weighted by molar-refractivity contribution is 0.414. The summed E-state index contributed by atoms with van der Waals surface area (Å²) in [5.74, 6) is 0.905. The van der Waals surface area contributed by atoms with Gasteiger partial charge in [-0.25, -0.2) is 0 Å². The van der Waals surface area contributed by atoms with Crippen LogP contribution in [0.25, 0.3) is 11.1 Å². The van der Waals surface area contributed by atoms with Crippen molar-refractivity contribution in [2.24, 2.45) is 0 Å². The Bertz CT molecular complexity index is 534. The van der Waals surface area contributed by atoms with E-state index in [4.69, 9.17) is 4.74 Å². The number of nitrogens with one attached hydrogen (secondary N) is 1. The molecular formula is C16H19NO. The largest absolute Gasteiger partial charge is 0.497 e. The molecule has 0 bridgehead atoms. The third kappa shape index (κ3) is 2.54. The highest BCUT2D eigenvalue weighted by Gasteiger charge is 2.07. The summed E-state index contributed by atoms with van der Waals surface area (Å²) in [6.07, 6.45) is 0. The molecule has 0 amide bonds. The maximum absolute atomic E-state index is 5.25. The molecule has 0 saturated carbocycles. The molecule has 2 heteroatoms. The van der Waals surface area contributed by atoms with Gasteiger partial charge in [-0.1, -0.05) is 30.3 Å². The Hall–Kier alpha value is -1.80. The van der Waals surface area contributed by atoms with Crippen LogP contribution < -0.4 is 10.1 Å². The highest BCUT2D eigenvalue weighted by atomic mass is 16.5. The van der Waals surface area contributed by atoms with Crippen LogP contribution in [0, 0.1) is 6.92 Å². The second kappa shape index (κ2) is 5.69. The molecule has 0 fully saturated rings. The molecule has 0 aliphatic carbocycles. The number of rotatable bonds is 4. The molecule has 2 aromatic carbocycles. The molecular weight excluding hydrogens is 222 g/mol. The first-order valence-corrected chi connectivity index (χ1v) is 6.13. The highest BCUT2D eigenvalue weighted by Crippen LogP contribution is 2.29. The molecule has 18 heavy (non-hydrogen) atoms. The van der Waals surface area contributed by atoms with Crippen LogP contribution in [0.15, 0.2) is 42.5 Å². The van der Waals surface area contributed by atoms with Crippen LogP contribution >= 0.6 is 0 Å². The van der Waals surface area contributed by atoms with Gasteiger partial charge in [0.05, 0.1) is 7.11 Å². The molecule has 2 aromatic rings. The van der Waals surface area contributed by atoms with Gasteiger partial charge in [-0.15, -0.1) is 0 Å². The number of methoxy groups -OCH3 is 1. The van der Waals surface area contributed by atoms with E-state index in [1.165, 1.54) is 22.3 Å². The number of ether oxygens (including phenoxy) is 1. The summed E-state index contributed by atoms with van der Waals surface area (Å²) in [4.78, 5) is 0. The first-order chi connectivity index (χ1) is 8.76. The van der Waals surface area contributed by atoms with E-state index in [9.17, 15) is 0 Å². The van der Waals surface area contributed by atoms with Crippen molar-refractivity contribution in [3.05, 3.63) is 53.6 Å².